The van der Waals surface area contributed by atoms with Crippen molar-refractivity contribution in [1.82, 2.24) is 0 Å². The molecule has 1 heteroatoms. The third kappa shape index (κ3) is 2.38. The summed E-state index contributed by atoms with van der Waals surface area (Å²) in [6.07, 6.45) is 8.77. The van der Waals surface area contributed by atoms with Gasteiger partial charge in [-0.25, -0.2) is 0 Å². The third-order valence-corrected chi connectivity index (χ3v) is 4.10. The molecule has 1 atom stereocenters. The Balaban J connectivity index is 2.55. The predicted octanol–water partition coefficient (Wildman–Crippen LogP) is 3.64. The van der Waals surface area contributed by atoms with Gasteiger partial charge in [0, 0.05) is 6.04 Å². The van der Waals surface area contributed by atoms with Crippen LogP contribution in [-0.4, -0.2) is 6.04 Å². The van der Waals surface area contributed by atoms with Gasteiger partial charge < -0.3 is 5.73 Å². The molecule has 0 bridgehead atoms. The minimum absolute atomic E-state index is 0.349. The van der Waals surface area contributed by atoms with Gasteiger partial charge in [0.15, 0.2) is 0 Å². The van der Waals surface area contributed by atoms with E-state index in [1.54, 1.807) is 0 Å². The molecule has 0 aliphatic heterocycles. The van der Waals surface area contributed by atoms with E-state index in [4.69, 9.17) is 5.73 Å². The van der Waals surface area contributed by atoms with Gasteiger partial charge in [0.1, 0.15) is 0 Å². The Kier molecular flexibility index (Phi) is 4.18. The Hall–Kier alpha value is -0.300. The summed E-state index contributed by atoms with van der Waals surface area (Å²) in [5.41, 5.74) is 8.10. The summed E-state index contributed by atoms with van der Waals surface area (Å²) in [6, 6.07) is 0.349. The van der Waals surface area contributed by atoms with Crippen LogP contribution >= 0.6 is 0 Å². The highest BCUT2D eigenvalue weighted by molar-refractivity contribution is 5.02. The Morgan fingerprint density at radius 2 is 1.93 bits per heavy atom. The van der Waals surface area contributed by atoms with E-state index in [9.17, 15) is 0 Å². The number of nitrogens with two attached hydrogens (primary N) is 1. The van der Waals surface area contributed by atoms with Crippen LogP contribution in [-0.2, 0) is 0 Å². The summed E-state index contributed by atoms with van der Waals surface area (Å²) in [6.45, 7) is 8.53. The highest BCUT2D eigenvalue weighted by Gasteiger charge is 2.37. The van der Waals surface area contributed by atoms with E-state index in [2.05, 4.69) is 20.4 Å². The van der Waals surface area contributed by atoms with E-state index in [1.807, 2.05) is 0 Å². The summed E-state index contributed by atoms with van der Waals surface area (Å²) in [5, 5.41) is 0. The second kappa shape index (κ2) is 4.97. The molecule has 1 aliphatic rings. The second-order valence-corrected chi connectivity index (χ2v) is 4.84. The summed E-state index contributed by atoms with van der Waals surface area (Å²) >= 11 is 0. The molecule has 1 rings (SSSR count). The van der Waals surface area contributed by atoms with Crippen molar-refractivity contribution < 1.29 is 0 Å². The van der Waals surface area contributed by atoms with E-state index >= 15 is 0 Å². The smallest absolute Gasteiger partial charge is 0.0133 e. The van der Waals surface area contributed by atoms with E-state index in [-0.39, 0.29) is 0 Å². The normalized spacial score (nSPS) is 22.2. The highest BCUT2D eigenvalue weighted by Crippen LogP contribution is 2.44. The Labute approximate surface area is 88.8 Å². The molecule has 1 unspecified atom stereocenters. The molecule has 0 amide bonds. The highest BCUT2D eigenvalue weighted by atomic mass is 14.7. The lowest BCUT2D eigenvalue weighted by Crippen LogP contribution is -2.39. The van der Waals surface area contributed by atoms with Gasteiger partial charge in [0.05, 0.1) is 0 Å². The van der Waals surface area contributed by atoms with Crippen LogP contribution in [0.3, 0.4) is 0 Å². The maximum absolute atomic E-state index is 6.34. The fourth-order valence-corrected chi connectivity index (χ4v) is 2.74. The number of rotatable bonds is 5. The van der Waals surface area contributed by atoms with E-state index in [0.29, 0.717) is 11.5 Å². The van der Waals surface area contributed by atoms with Crippen LogP contribution in [0.2, 0.25) is 0 Å². The van der Waals surface area contributed by atoms with E-state index in [0.717, 1.165) is 12.8 Å². The lowest BCUT2D eigenvalue weighted by Gasteiger charge is -2.34. The predicted molar refractivity (Wildman–Crippen MR) is 63.2 cm³/mol. The maximum atomic E-state index is 6.34. The largest absolute Gasteiger partial charge is 0.327 e. The minimum atomic E-state index is 0.349. The van der Waals surface area contributed by atoms with Crippen molar-refractivity contribution in [3.05, 3.63) is 12.2 Å². The molecule has 82 valence electrons. The quantitative estimate of drug-likeness (QED) is 0.666. The zero-order chi connectivity index (χ0) is 10.6. The monoisotopic (exact) mass is 195 g/mol. The molecule has 0 aromatic heterocycles. The Morgan fingerprint density at radius 3 is 2.36 bits per heavy atom. The molecule has 1 nitrogen and oxygen atoms in total. The second-order valence-electron chi connectivity index (χ2n) is 4.84. The first-order valence-corrected chi connectivity index (χ1v) is 6.07. The van der Waals surface area contributed by atoms with Crippen molar-refractivity contribution in [2.24, 2.45) is 11.1 Å². The topological polar surface area (TPSA) is 26.0 Å². The average Bonchev–Trinajstić information content (AvgIpc) is 2.67. The van der Waals surface area contributed by atoms with Crippen molar-refractivity contribution in [2.45, 2.75) is 64.8 Å². The molecule has 1 saturated carbocycles. The minimum Gasteiger partial charge on any atom is -0.327 e. The Morgan fingerprint density at radius 1 is 1.36 bits per heavy atom. The summed E-state index contributed by atoms with van der Waals surface area (Å²) in [4.78, 5) is 0. The van der Waals surface area contributed by atoms with Crippen LogP contribution in [0.5, 0.6) is 0 Å². The van der Waals surface area contributed by atoms with Gasteiger partial charge >= 0.3 is 0 Å². The number of hydrogen-bond acceptors (Lipinski definition) is 1. The third-order valence-electron chi connectivity index (χ3n) is 4.10. The maximum Gasteiger partial charge on any atom is 0.0133 e. The molecule has 0 aromatic carbocycles. The lowest BCUT2D eigenvalue weighted by atomic mass is 9.74. The Bertz CT molecular complexity index is 189. The van der Waals surface area contributed by atoms with Gasteiger partial charge in [-0.05, 0) is 37.5 Å². The van der Waals surface area contributed by atoms with Gasteiger partial charge in [-0.1, -0.05) is 38.8 Å². The first-order valence-electron chi connectivity index (χ1n) is 6.07. The van der Waals surface area contributed by atoms with Crippen LogP contribution in [0.25, 0.3) is 0 Å². The van der Waals surface area contributed by atoms with Crippen LogP contribution in [0.15, 0.2) is 12.2 Å². The van der Waals surface area contributed by atoms with Gasteiger partial charge in [0.2, 0.25) is 0 Å². The molecule has 0 radical (unpaired) electrons. The van der Waals surface area contributed by atoms with Gasteiger partial charge in [-0.15, -0.1) is 0 Å². The van der Waals surface area contributed by atoms with Gasteiger partial charge in [-0.3, -0.25) is 0 Å². The van der Waals surface area contributed by atoms with Crippen LogP contribution < -0.4 is 5.73 Å². The van der Waals surface area contributed by atoms with Crippen molar-refractivity contribution in [3.63, 3.8) is 0 Å². The molecule has 14 heavy (non-hydrogen) atoms. The summed E-state index contributed by atoms with van der Waals surface area (Å²) in [7, 11) is 0. The molecule has 0 aromatic rings. The molecular weight excluding hydrogens is 170 g/mol. The molecule has 0 heterocycles. The van der Waals surface area contributed by atoms with Crippen LogP contribution in [0.4, 0.5) is 0 Å². The van der Waals surface area contributed by atoms with Crippen LogP contribution in [0, 0.1) is 5.41 Å². The molecular formula is C13H25N. The summed E-state index contributed by atoms with van der Waals surface area (Å²) in [5.74, 6) is 0. The lowest BCUT2D eigenvalue weighted by molar-refractivity contribution is 0.218. The molecule has 1 aliphatic carbocycles. The SMILES string of the molecule is C=C(CC)CC(N)C1(CC)CCCC1. The first-order chi connectivity index (χ1) is 6.64. The fraction of sp³-hybridized carbons (Fsp3) is 0.846. The van der Waals surface area contributed by atoms with E-state index < -0.39 is 0 Å². The standard InChI is InChI=1S/C13H25N/c1-4-11(3)10-12(14)13(5-2)8-6-7-9-13/h12H,3-10,14H2,1-2H3. The van der Waals surface area contributed by atoms with Crippen molar-refractivity contribution in [2.75, 3.05) is 0 Å². The van der Waals surface area contributed by atoms with Gasteiger partial charge in [0.25, 0.3) is 0 Å². The molecule has 2 N–H and O–H groups in total. The van der Waals surface area contributed by atoms with E-state index in [1.165, 1.54) is 37.7 Å². The van der Waals surface area contributed by atoms with Crippen molar-refractivity contribution >= 4 is 0 Å². The zero-order valence-electron chi connectivity index (χ0n) is 9.81. The first kappa shape index (κ1) is 11.8. The average molecular weight is 195 g/mol. The van der Waals surface area contributed by atoms with Crippen LogP contribution in [0.1, 0.15) is 58.8 Å². The molecule has 1 fully saturated rings. The fourth-order valence-electron chi connectivity index (χ4n) is 2.74. The molecule has 0 saturated heterocycles. The summed E-state index contributed by atoms with van der Waals surface area (Å²) < 4.78 is 0. The van der Waals surface area contributed by atoms with Crippen molar-refractivity contribution in [1.29, 1.82) is 0 Å². The number of hydrogen-bond donors (Lipinski definition) is 1. The van der Waals surface area contributed by atoms with Crippen molar-refractivity contribution in [3.8, 4) is 0 Å². The zero-order valence-corrected chi connectivity index (χ0v) is 9.81. The van der Waals surface area contributed by atoms with Gasteiger partial charge in [-0.2, -0.15) is 0 Å². The molecule has 0 spiro atoms.